The van der Waals surface area contributed by atoms with Gasteiger partial charge in [-0.25, -0.2) is 0 Å². The summed E-state index contributed by atoms with van der Waals surface area (Å²) in [5.41, 5.74) is 10.4. The molecular formula is C14H22N2O. The summed E-state index contributed by atoms with van der Waals surface area (Å²) in [6, 6.07) is 4.34. The Kier molecular flexibility index (Phi) is 4.70. The van der Waals surface area contributed by atoms with E-state index in [9.17, 15) is 4.79 Å². The van der Waals surface area contributed by atoms with Crippen LogP contribution >= 0.6 is 0 Å². The highest BCUT2D eigenvalue weighted by molar-refractivity contribution is 5.76. The van der Waals surface area contributed by atoms with Gasteiger partial charge in [0.25, 0.3) is 0 Å². The highest BCUT2D eigenvalue weighted by Gasteiger charge is 2.10. The van der Waals surface area contributed by atoms with Gasteiger partial charge in [0.05, 0.1) is 0 Å². The van der Waals surface area contributed by atoms with Crippen LogP contribution in [0.25, 0.3) is 0 Å². The maximum Gasteiger partial charge on any atom is 0.223 e. The van der Waals surface area contributed by atoms with Gasteiger partial charge < -0.3 is 10.6 Å². The SMILES string of the molecule is Cc1cc(C)c(CN(C)C(=O)CCN)cc1C. The van der Waals surface area contributed by atoms with Gasteiger partial charge in [0.15, 0.2) is 0 Å². The minimum absolute atomic E-state index is 0.102. The fraction of sp³-hybridized carbons (Fsp3) is 0.500. The van der Waals surface area contributed by atoms with Gasteiger partial charge in [-0.1, -0.05) is 12.1 Å². The topological polar surface area (TPSA) is 46.3 Å². The molecule has 0 saturated carbocycles. The van der Waals surface area contributed by atoms with Crippen LogP contribution in [0.5, 0.6) is 0 Å². The van der Waals surface area contributed by atoms with E-state index in [0.717, 1.165) is 0 Å². The van der Waals surface area contributed by atoms with E-state index in [1.165, 1.54) is 22.3 Å². The molecule has 0 atom stereocenters. The molecule has 0 aliphatic rings. The van der Waals surface area contributed by atoms with Crippen molar-refractivity contribution in [2.75, 3.05) is 13.6 Å². The molecule has 0 aliphatic carbocycles. The number of rotatable bonds is 4. The maximum atomic E-state index is 11.7. The first-order valence-corrected chi connectivity index (χ1v) is 5.96. The third kappa shape index (κ3) is 3.56. The number of hydrogen-bond acceptors (Lipinski definition) is 2. The minimum atomic E-state index is 0.102. The summed E-state index contributed by atoms with van der Waals surface area (Å²) in [6.45, 7) is 7.36. The molecule has 3 heteroatoms. The molecule has 3 nitrogen and oxygen atoms in total. The van der Waals surface area contributed by atoms with Crippen LogP contribution in [0.1, 0.15) is 28.7 Å². The molecule has 1 rings (SSSR count). The quantitative estimate of drug-likeness (QED) is 0.865. The van der Waals surface area contributed by atoms with Crippen LogP contribution in [0.4, 0.5) is 0 Å². The summed E-state index contributed by atoms with van der Waals surface area (Å²) in [5.74, 6) is 0.102. The van der Waals surface area contributed by atoms with Crippen molar-refractivity contribution in [3.63, 3.8) is 0 Å². The smallest absolute Gasteiger partial charge is 0.223 e. The third-order valence-corrected chi connectivity index (χ3v) is 3.14. The predicted octanol–water partition coefficient (Wildman–Crippen LogP) is 1.92. The zero-order valence-corrected chi connectivity index (χ0v) is 11.2. The summed E-state index contributed by atoms with van der Waals surface area (Å²) in [7, 11) is 1.83. The van der Waals surface area contributed by atoms with E-state index >= 15 is 0 Å². The standard InChI is InChI=1S/C14H22N2O/c1-10-7-12(3)13(8-11(10)2)9-16(4)14(17)5-6-15/h7-8H,5-6,9,15H2,1-4H3. The molecule has 0 radical (unpaired) electrons. The zero-order chi connectivity index (χ0) is 13.0. The monoisotopic (exact) mass is 234 g/mol. The van der Waals surface area contributed by atoms with Crippen molar-refractivity contribution in [2.24, 2.45) is 5.73 Å². The van der Waals surface area contributed by atoms with Gasteiger partial charge in [-0.15, -0.1) is 0 Å². The van der Waals surface area contributed by atoms with Crippen LogP contribution < -0.4 is 5.73 Å². The lowest BCUT2D eigenvalue weighted by molar-refractivity contribution is -0.130. The fourth-order valence-corrected chi connectivity index (χ4v) is 1.85. The van der Waals surface area contributed by atoms with Crippen LogP contribution in [0.15, 0.2) is 12.1 Å². The largest absolute Gasteiger partial charge is 0.341 e. The highest BCUT2D eigenvalue weighted by atomic mass is 16.2. The molecule has 0 heterocycles. The number of hydrogen-bond donors (Lipinski definition) is 1. The summed E-state index contributed by atoms with van der Waals surface area (Å²) < 4.78 is 0. The van der Waals surface area contributed by atoms with E-state index in [4.69, 9.17) is 5.73 Å². The summed E-state index contributed by atoms with van der Waals surface area (Å²) in [6.07, 6.45) is 0.417. The second kappa shape index (κ2) is 5.82. The zero-order valence-electron chi connectivity index (χ0n) is 11.2. The Labute approximate surface area is 104 Å². The second-order valence-electron chi connectivity index (χ2n) is 4.65. The molecule has 0 aromatic heterocycles. The molecule has 1 amide bonds. The average Bonchev–Trinajstić information content (AvgIpc) is 2.26. The molecule has 0 aliphatic heterocycles. The Morgan fingerprint density at radius 2 is 1.76 bits per heavy atom. The van der Waals surface area contributed by atoms with Gasteiger partial charge in [-0.3, -0.25) is 4.79 Å². The number of aryl methyl sites for hydroxylation is 3. The number of amides is 1. The number of nitrogens with zero attached hydrogens (tertiary/aromatic N) is 1. The highest BCUT2D eigenvalue weighted by Crippen LogP contribution is 2.16. The molecule has 94 valence electrons. The van der Waals surface area contributed by atoms with Crippen LogP contribution in [0.2, 0.25) is 0 Å². The lowest BCUT2D eigenvalue weighted by atomic mass is 10.0. The molecule has 0 bridgehead atoms. The molecule has 0 spiro atoms. The van der Waals surface area contributed by atoms with E-state index in [1.54, 1.807) is 4.90 Å². The first kappa shape index (κ1) is 13.7. The van der Waals surface area contributed by atoms with E-state index in [0.29, 0.717) is 19.5 Å². The molecule has 17 heavy (non-hydrogen) atoms. The molecule has 0 fully saturated rings. The number of carbonyl (C=O) groups excluding carboxylic acids is 1. The van der Waals surface area contributed by atoms with Crippen LogP contribution in [-0.4, -0.2) is 24.4 Å². The van der Waals surface area contributed by atoms with Crippen molar-refractivity contribution in [1.29, 1.82) is 0 Å². The van der Waals surface area contributed by atoms with Crippen LogP contribution in [0.3, 0.4) is 0 Å². The summed E-state index contributed by atoms with van der Waals surface area (Å²) >= 11 is 0. The van der Waals surface area contributed by atoms with Crippen molar-refractivity contribution in [3.05, 3.63) is 34.4 Å². The van der Waals surface area contributed by atoms with Crippen molar-refractivity contribution < 1.29 is 4.79 Å². The maximum absolute atomic E-state index is 11.7. The van der Waals surface area contributed by atoms with Crippen molar-refractivity contribution in [3.8, 4) is 0 Å². The first-order valence-electron chi connectivity index (χ1n) is 5.96. The van der Waals surface area contributed by atoms with Crippen molar-refractivity contribution in [2.45, 2.75) is 33.7 Å². The summed E-state index contributed by atoms with van der Waals surface area (Å²) in [5, 5.41) is 0. The van der Waals surface area contributed by atoms with Crippen molar-refractivity contribution in [1.82, 2.24) is 4.90 Å². The Bertz CT molecular complexity index is 413. The van der Waals surface area contributed by atoms with Crippen LogP contribution in [0, 0.1) is 20.8 Å². The lowest BCUT2D eigenvalue weighted by Gasteiger charge is -2.19. The average molecular weight is 234 g/mol. The van der Waals surface area contributed by atoms with Gasteiger partial charge in [0.1, 0.15) is 0 Å². The second-order valence-corrected chi connectivity index (χ2v) is 4.65. The van der Waals surface area contributed by atoms with Crippen LogP contribution in [-0.2, 0) is 11.3 Å². The van der Waals surface area contributed by atoms with E-state index < -0.39 is 0 Å². The van der Waals surface area contributed by atoms with Gasteiger partial charge in [-0.05, 0) is 43.0 Å². The molecule has 2 N–H and O–H groups in total. The van der Waals surface area contributed by atoms with E-state index in [-0.39, 0.29) is 5.91 Å². The van der Waals surface area contributed by atoms with Gasteiger partial charge in [-0.2, -0.15) is 0 Å². The Balaban J connectivity index is 2.81. The Hall–Kier alpha value is -1.35. The Morgan fingerprint density at radius 1 is 1.18 bits per heavy atom. The molecule has 1 aromatic rings. The lowest BCUT2D eigenvalue weighted by Crippen LogP contribution is -2.28. The fourth-order valence-electron chi connectivity index (χ4n) is 1.85. The first-order chi connectivity index (χ1) is 7.95. The van der Waals surface area contributed by atoms with Gasteiger partial charge in [0, 0.05) is 26.6 Å². The predicted molar refractivity (Wildman–Crippen MR) is 70.8 cm³/mol. The summed E-state index contributed by atoms with van der Waals surface area (Å²) in [4.78, 5) is 13.4. The number of nitrogens with two attached hydrogens (primary N) is 1. The van der Waals surface area contributed by atoms with E-state index in [1.807, 2.05) is 7.05 Å². The van der Waals surface area contributed by atoms with E-state index in [2.05, 4.69) is 32.9 Å². The number of benzene rings is 1. The normalized spacial score (nSPS) is 10.4. The number of carbonyl (C=O) groups is 1. The van der Waals surface area contributed by atoms with Gasteiger partial charge >= 0.3 is 0 Å². The Morgan fingerprint density at radius 3 is 2.35 bits per heavy atom. The third-order valence-electron chi connectivity index (χ3n) is 3.14. The van der Waals surface area contributed by atoms with Crippen molar-refractivity contribution >= 4 is 5.91 Å². The molecule has 0 saturated heterocycles. The molecule has 1 aromatic carbocycles. The van der Waals surface area contributed by atoms with Gasteiger partial charge in [0.2, 0.25) is 5.91 Å². The molecular weight excluding hydrogens is 212 g/mol. The molecule has 0 unspecified atom stereocenters. The minimum Gasteiger partial charge on any atom is -0.341 e.